The monoisotopic (exact) mass is 278 g/mol. The minimum absolute atomic E-state index is 0.245. The van der Waals surface area contributed by atoms with E-state index < -0.39 is 0 Å². The second-order valence-corrected chi connectivity index (χ2v) is 7.23. The molecule has 1 saturated heterocycles. The van der Waals surface area contributed by atoms with E-state index in [0.29, 0.717) is 18.2 Å². The molecule has 2 amide bonds. The van der Waals surface area contributed by atoms with Crippen LogP contribution in [-0.4, -0.2) is 47.8 Å². The topological polar surface area (TPSA) is 40.6 Å². The fourth-order valence-electron chi connectivity index (χ4n) is 3.83. The van der Waals surface area contributed by atoms with E-state index in [-0.39, 0.29) is 11.8 Å². The first kappa shape index (κ1) is 13.9. The van der Waals surface area contributed by atoms with Crippen molar-refractivity contribution in [2.75, 3.05) is 26.2 Å². The van der Waals surface area contributed by atoms with Gasteiger partial charge in [-0.3, -0.25) is 9.59 Å². The molecule has 1 aliphatic heterocycles. The summed E-state index contributed by atoms with van der Waals surface area (Å²) in [7, 11) is 0. The summed E-state index contributed by atoms with van der Waals surface area (Å²) in [5.41, 5.74) is 0. The first-order valence-corrected chi connectivity index (χ1v) is 8.11. The minimum Gasteiger partial charge on any atom is -0.339 e. The van der Waals surface area contributed by atoms with Gasteiger partial charge in [0.15, 0.2) is 0 Å². The molecule has 3 rings (SSSR count). The van der Waals surface area contributed by atoms with E-state index in [1.54, 1.807) is 0 Å². The van der Waals surface area contributed by atoms with Gasteiger partial charge in [-0.15, -0.1) is 0 Å². The standard InChI is InChI=1S/C16H26N2O2/c1-11(2)7-15(19)17-3-5-18(6-4-17)16(20)14-9-12-8-13(12)10-14/h11-14H,3-10H2,1-2H3. The predicted molar refractivity (Wildman–Crippen MR) is 76.9 cm³/mol. The van der Waals surface area contributed by atoms with Crippen molar-refractivity contribution in [3.05, 3.63) is 0 Å². The van der Waals surface area contributed by atoms with Gasteiger partial charge in [-0.05, 0) is 37.0 Å². The summed E-state index contributed by atoms with van der Waals surface area (Å²) in [4.78, 5) is 28.4. The molecule has 0 aromatic heterocycles. The number of hydrogen-bond acceptors (Lipinski definition) is 2. The van der Waals surface area contributed by atoms with E-state index >= 15 is 0 Å². The minimum atomic E-state index is 0.245. The van der Waals surface area contributed by atoms with Crippen LogP contribution in [0.2, 0.25) is 0 Å². The Morgan fingerprint density at radius 3 is 2.05 bits per heavy atom. The van der Waals surface area contributed by atoms with Gasteiger partial charge in [-0.25, -0.2) is 0 Å². The van der Waals surface area contributed by atoms with E-state index in [9.17, 15) is 9.59 Å². The molecule has 0 spiro atoms. The largest absolute Gasteiger partial charge is 0.339 e. The Bertz CT molecular complexity index is 389. The molecule has 4 heteroatoms. The fraction of sp³-hybridized carbons (Fsp3) is 0.875. The average molecular weight is 278 g/mol. The van der Waals surface area contributed by atoms with Crippen molar-refractivity contribution in [3.63, 3.8) is 0 Å². The zero-order chi connectivity index (χ0) is 14.3. The lowest BCUT2D eigenvalue weighted by Crippen LogP contribution is -2.52. The molecule has 3 fully saturated rings. The van der Waals surface area contributed by atoms with Crippen LogP contribution in [0.4, 0.5) is 0 Å². The second kappa shape index (κ2) is 5.38. The lowest BCUT2D eigenvalue weighted by Gasteiger charge is -2.36. The van der Waals surface area contributed by atoms with Crippen LogP contribution in [0.25, 0.3) is 0 Å². The van der Waals surface area contributed by atoms with Gasteiger partial charge in [-0.2, -0.15) is 0 Å². The number of fused-ring (bicyclic) bond motifs is 1. The Hall–Kier alpha value is -1.06. The first-order valence-electron chi connectivity index (χ1n) is 8.11. The number of hydrogen-bond donors (Lipinski definition) is 0. The van der Waals surface area contributed by atoms with E-state index in [4.69, 9.17) is 0 Å². The molecule has 0 bridgehead atoms. The molecule has 1 heterocycles. The Balaban J connectivity index is 1.46. The van der Waals surface area contributed by atoms with Gasteiger partial charge in [-0.1, -0.05) is 13.8 Å². The Morgan fingerprint density at radius 1 is 0.950 bits per heavy atom. The summed E-state index contributed by atoms with van der Waals surface area (Å²) in [6, 6.07) is 0. The summed E-state index contributed by atoms with van der Waals surface area (Å²) < 4.78 is 0. The van der Waals surface area contributed by atoms with Gasteiger partial charge >= 0.3 is 0 Å². The van der Waals surface area contributed by atoms with Crippen LogP contribution in [0.15, 0.2) is 0 Å². The van der Waals surface area contributed by atoms with Gasteiger partial charge in [0.2, 0.25) is 11.8 Å². The van der Waals surface area contributed by atoms with Crippen molar-refractivity contribution in [2.45, 2.75) is 39.5 Å². The summed E-state index contributed by atoms with van der Waals surface area (Å²) in [5.74, 6) is 3.02. The van der Waals surface area contributed by atoms with Crippen molar-refractivity contribution in [3.8, 4) is 0 Å². The number of nitrogens with zero attached hydrogens (tertiary/aromatic N) is 2. The number of carbonyl (C=O) groups is 2. The molecule has 3 aliphatic rings. The summed E-state index contributed by atoms with van der Waals surface area (Å²) in [6.45, 7) is 7.04. The third-order valence-electron chi connectivity index (χ3n) is 5.12. The van der Waals surface area contributed by atoms with Crippen LogP contribution in [0.1, 0.15) is 39.5 Å². The van der Waals surface area contributed by atoms with E-state index in [2.05, 4.69) is 13.8 Å². The van der Waals surface area contributed by atoms with Crippen molar-refractivity contribution >= 4 is 11.8 Å². The van der Waals surface area contributed by atoms with Crippen molar-refractivity contribution in [1.82, 2.24) is 9.80 Å². The molecule has 0 N–H and O–H groups in total. The van der Waals surface area contributed by atoms with Gasteiger partial charge in [0.1, 0.15) is 0 Å². The smallest absolute Gasteiger partial charge is 0.225 e. The maximum Gasteiger partial charge on any atom is 0.225 e. The van der Waals surface area contributed by atoms with E-state index in [1.807, 2.05) is 9.80 Å². The summed E-state index contributed by atoms with van der Waals surface area (Å²) >= 11 is 0. The van der Waals surface area contributed by atoms with Crippen LogP contribution in [0, 0.1) is 23.7 Å². The summed E-state index contributed by atoms with van der Waals surface area (Å²) in [5, 5.41) is 0. The normalized spacial score (nSPS) is 32.5. The van der Waals surface area contributed by atoms with Gasteiger partial charge in [0.25, 0.3) is 0 Å². The Morgan fingerprint density at radius 2 is 1.50 bits per heavy atom. The fourth-order valence-corrected chi connectivity index (χ4v) is 3.83. The first-order chi connectivity index (χ1) is 9.54. The Kier molecular flexibility index (Phi) is 3.74. The molecule has 20 heavy (non-hydrogen) atoms. The van der Waals surface area contributed by atoms with Crippen molar-refractivity contribution in [2.24, 2.45) is 23.7 Å². The van der Waals surface area contributed by atoms with E-state index in [1.165, 1.54) is 6.42 Å². The molecule has 2 saturated carbocycles. The number of rotatable bonds is 3. The lowest BCUT2D eigenvalue weighted by molar-refractivity contribution is -0.142. The van der Waals surface area contributed by atoms with Gasteiger partial charge in [0.05, 0.1) is 0 Å². The zero-order valence-electron chi connectivity index (χ0n) is 12.7. The molecule has 112 valence electrons. The zero-order valence-corrected chi connectivity index (χ0v) is 12.7. The van der Waals surface area contributed by atoms with Crippen molar-refractivity contribution < 1.29 is 9.59 Å². The third kappa shape index (κ3) is 2.84. The molecule has 2 unspecified atom stereocenters. The van der Waals surface area contributed by atoms with Crippen LogP contribution in [0.3, 0.4) is 0 Å². The SMILES string of the molecule is CC(C)CC(=O)N1CCN(C(=O)C2CC3CC3C2)CC1. The molecule has 0 radical (unpaired) electrons. The molecule has 2 aliphatic carbocycles. The Labute approximate surface area is 121 Å². The van der Waals surface area contributed by atoms with Crippen LogP contribution >= 0.6 is 0 Å². The lowest BCUT2D eigenvalue weighted by atomic mass is 10.0. The molecule has 0 aromatic carbocycles. The number of amides is 2. The van der Waals surface area contributed by atoms with Crippen molar-refractivity contribution in [1.29, 1.82) is 0 Å². The van der Waals surface area contributed by atoms with Gasteiger partial charge in [0, 0.05) is 38.5 Å². The third-order valence-corrected chi connectivity index (χ3v) is 5.12. The molecule has 4 nitrogen and oxygen atoms in total. The number of piperazine rings is 1. The highest BCUT2D eigenvalue weighted by atomic mass is 16.2. The molecular formula is C16H26N2O2. The van der Waals surface area contributed by atoms with Crippen LogP contribution in [-0.2, 0) is 9.59 Å². The summed E-state index contributed by atoms with van der Waals surface area (Å²) in [6.07, 6.45) is 4.23. The number of carbonyl (C=O) groups excluding carboxylic acids is 2. The molecule has 0 aromatic rings. The molecule has 2 atom stereocenters. The highest BCUT2D eigenvalue weighted by Gasteiger charge is 2.48. The maximum absolute atomic E-state index is 12.4. The highest BCUT2D eigenvalue weighted by molar-refractivity contribution is 5.80. The van der Waals surface area contributed by atoms with Gasteiger partial charge < -0.3 is 9.80 Å². The van der Waals surface area contributed by atoms with Crippen LogP contribution in [0.5, 0.6) is 0 Å². The van der Waals surface area contributed by atoms with Crippen LogP contribution < -0.4 is 0 Å². The quantitative estimate of drug-likeness (QED) is 0.789. The molecular weight excluding hydrogens is 252 g/mol. The predicted octanol–water partition coefficient (Wildman–Crippen LogP) is 1.75. The average Bonchev–Trinajstić information content (AvgIpc) is 3.04. The van der Waals surface area contributed by atoms with E-state index in [0.717, 1.165) is 50.9 Å². The maximum atomic E-state index is 12.4. The highest BCUT2D eigenvalue weighted by Crippen LogP contribution is 2.54. The second-order valence-electron chi connectivity index (χ2n) is 7.23.